The van der Waals surface area contributed by atoms with Gasteiger partial charge in [-0.2, -0.15) is 24.0 Å². The highest BCUT2D eigenvalue weighted by atomic mass is 32.1. The molecule has 0 aliphatic heterocycles. The Hall–Kier alpha value is -0.256. The lowest BCUT2D eigenvalue weighted by molar-refractivity contribution is 1.36. The Morgan fingerprint density at radius 1 is 1.35 bits per heavy atom. The minimum atomic E-state index is -1.66. The summed E-state index contributed by atoms with van der Waals surface area (Å²) in [6.45, 7) is 9.22. The average Bonchev–Trinajstić information content (AvgIpc) is 2.69. The molecule has 0 fully saturated rings. The number of nitrogens with one attached hydrogen (secondary N) is 1. The van der Waals surface area contributed by atoms with Crippen LogP contribution in [0.3, 0.4) is 0 Å². The van der Waals surface area contributed by atoms with E-state index < -0.39 is 16.5 Å². The molecule has 0 atom stereocenters. The van der Waals surface area contributed by atoms with Crippen LogP contribution in [0.25, 0.3) is 0 Å². The molecular weight excluding hydrogens is 278 g/mol. The third-order valence-electron chi connectivity index (χ3n) is 2.30. The molecule has 0 amide bonds. The third-order valence-corrected chi connectivity index (χ3v) is 12.2. The lowest BCUT2D eigenvalue weighted by Crippen LogP contribution is -2.64. The molecular formula is C12H19NS2Si2. The SMILES string of the molecule is C[Si](C)(C#C/C=C/S)N[Si](C)(C)c1cccs1. The maximum absolute atomic E-state index is 4.01. The standard InChI is InChI=1S/C12H19NS2Si2/c1-16(2,11-6-5-9-14)13-17(3,4)12-8-7-10-15-12/h5,7-10,13-14H,1-4H3/b9-5+. The van der Waals surface area contributed by atoms with Crippen molar-refractivity contribution in [3.05, 3.63) is 29.0 Å². The van der Waals surface area contributed by atoms with Gasteiger partial charge in [-0.3, -0.25) is 0 Å². The number of allylic oxidation sites excluding steroid dienone is 1. The Kier molecular flexibility index (Phi) is 5.29. The number of rotatable bonds is 3. The Labute approximate surface area is 116 Å². The van der Waals surface area contributed by atoms with Crippen molar-refractivity contribution in [1.82, 2.24) is 4.65 Å². The molecule has 0 spiro atoms. The Balaban J connectivity index is 2.80. The summed E-state index contributed by atoms with van der Waals surface area (Å²) in [4.78, 5) is 0. The van der Waals surface area contributed by atoms with Crippen LogP contribution in [0.4, 0.5) is 0 Å². The highest BCUT2D eigenvalue weighted by Crippen LogP contribution is 2.08. The molecule has 0 bridgehead atoms. The zero-order chi connectivity index (χ0) is 12.9. The van der Waals surface area contributed by atoms with Gasteiger partial charge in [-0.15, -0.1) is 5.54 Å². The summed E-state index contributed by atoms with van der Waals surface area (Å²) in [5, 5.41) is 3.83. The van der Waals surface area contributed by atoms with Crippen LogP contribution in [-0.2, 0) is 0 Å². The Morgan fingerprint density at radius 2 is 2.06 bits per heavy atom. The van der Waals surface area contributed by atoms with Crippen molar-refractivity contribution >= 4 is 44.9 Å². The first kappa shape index (κ1) is 14.8. The lowest BCUT2D eigenvalue weighted by atomic mass is 10.7. The van der Waals surface area contributed by atoms with Crippen LogP contribution in [0.5, 0.6) is 0 Å². The summed E-state index contributed by atoms with van der Waals surface area (Å²) < 4.78 is 5.34. The van der Waals surface area contributed by atoms with Crippen LogP contribution in [0.1, 0.15) is 0 Å². The molecule has 0 unspecified atom stereocenters. The molecule has 0 radical (unpaired) electrons. The first-order valence-corrected chi connectivity index (χ1v) is 12.9. The van der Waals surface area contributed by atoms with Gasteiger partial charge in [0.05, 0.1) is 0 Å². The van der Waals surface area contributed by atoms with Crippen molar-refractivity contribution in [3.8, 4) is 11.5 Å². The first-order chi connectivity index (χ1) is 7.87. The largest absolute Gasteiger partial charge is 0.346 e. The molecule has 1 aromatic rings. The molecule has 1 heterocycles. The predicted molar refractivity (Wildman–Crippen MR) is 88.0 cm³/mol. The predicted octanol–water partition coefficient (Wildman–Crippen LogP) is 2.94. The van der Waals surface area contributed by atoms with Gasteiger partial charge >= 0.3 is 0 Å². The minimum absolute atomic E-state index is 1.49. The fourth-order valence-electron chi connectivity index (χ4n) is 1.77. The molecule has 1 N–H and O–H groups in total. The van der Waals surface area contributed by atoms with Gasteiger partial charge in [0.25, 0.3) is 0 Å². The smallest absolute Gasteiger partial charge is 0.196 e. The van der Waals surface area contributed by atoms with E-state index in [9.17, 15) is 0 Å². The normalized spacial score (nSPS) is 12.5. The summed E-state index contributed by atoms with van der Waals surface area (Å²) in [6.07, 6.45) is 1.79. The number of thiol groups is 1. The average molecular weight is 298 g/mol. The molecule has 0 saturated heterocycles. The third kappa shape index (κ3) is 4.86. The van der Waals surface area contributed by atoms with Crippen molar-refractivity contribution in [2.24, 2.45) is 0 Å². The Bertz CT molecular complexity index is 439. The summed E-state index contributed by atoms with van der Waals surface area (Å²) in [5.74, 6) is 3.06. The highest BCUT2D eigenvalue weighted by Gasteiger charge is 2.32. The van der Waals surface area contributed by atoms with E-state index in [1.165, 1.54) is 4.50 Å². The van der Waals surface area contributed by atoms with Gasteiger partial charge in [0.15, 0.2) is 16.5 Å². The van der Waals surface area contributed by atoms with Crippen molar-refractivity contribution in [3.63, 3.8) is 0 Å². The monoisotopic (exact) mass is 297 g/mol. The minimum Gasteiger partial charge on any atom is -0.346 e. The van der Waals surface area contributed by atoms with Gasteiger partial charge in [0.2, 0.25) is 0 Å². The van der Waals surface area contributed by atoms with E-state index in [1.54, 1.807) is 11.5 Å². The zero-order valence-electron chi connectivity index (χ0n) is 10.7. The first-order valence-electron chi connectivity index (χ1n) is 5.53. The molecule has 1 nitrogen and oxygen atoms in total. The highest BCUT2D eigenvalue weighted by molar-refractivity contribution is 7.83. The van der Waals surface area contributed by atoms with Gasteiger partial charge in [0.1, 0.15) is 0 Å². The van der Waals surface area contributed by atoms with E-state index in [1.807, 2.05) is 11.3 Å². The van der Waals surface area contributed by atoms with Gasteiger partial charge in [0, 0.05) is 4.50 Å². The quantitative estimate of drug-likeness (QED) is 0.497. The summed E-state index contributed by atoms with van der Waals surface area (Å²) in [6, 6.07) is 4.36. The van der Waals surface area contributed by atoms with Crippen molar-refractivity contribution in [2.75, 3.05) is 0 Å². The number of hydrogen-bond acceptors (Lipinski definition) is 3. The van der Waals surface area contributed by atoms with E-state index in [2.05, 4.69) is 72.4 Å². The molecule has 92 valence electrons. The molecule has 5 heteroatoms. The van der Waals surface area contributed by atoms with Gasteiger partial charge in [-0.1, -0.05) is 31.1 Å². The van der Waals surface area contributed by atoms with Crippen LogP contribution < -0.4 is 9.15 Å². The van der Waals surface area contributed by atoms with Crippen LogP contribution in [0.15, 0.2) is 29.0 Å². The van der Waals surface area contributed by atoms with Crippen LogP contribution in [-0.4, -0.2) is 16.5 Å². The molecule has 0 aliphatic rings. The van der Waals surface area contributed by atoms with Crippen molar-refractivity contribution in [1.29, 1.82) is 0 Å². The van der Waals surface area contributed by atoms with Crippen LogP contribution in [0.2, 0.25) is 26.2 Å². The second-order valence-electron chi connectivity index (χ2n) is 4.94. The van der Waals surface area contributed by atoms with Gasteiger partial charge < -0.3 is 4.65 Å². The zero-order valence-corrected chi connectivity index (χ0v) is 14.5. The van der Waals surface area contributed by atoms with E-state index in [0.29, 0.717) is 0 Å². The van der Waals surface area contributed by atoms with Crippen molar-refractivity contribution < 1.29 is 0 Å². The molecule has 17 heavy (non-hydrogen) atoms. The molecule has 1 rings (SSSR count). The molecule has 1 aromatic heterocycles. The Morgan fingerprint density at radius 3 is 2.59 bits per heavy atom. The van der Waals surface area contributed by atoms with Crippen LogP contribution >= 0.6 is 24.0 Å². The van der Waals surface area contributed by atoms with Gasteiger partial charge in [-0.05, 0) is 30.0 Å². The van der Waals surface area contributed by atoms with E-state index >= 15 is 0 Å². The number of thiophene rings is 1. The second-order valence-corrected chi connectivity index (χ2v) is 14.8. The van der Waals surface area contributed by atoms with Gasteiger partial charge in [-0.25, -0.2) is 0 Å². The number of hydrogen-bond donors (Lipinski definition) is 2. The lowest BCUT2D eigenvalue weighted by Gasteiger charge is -2.30. The van der Waals surface area contributed by atoms with Crippen molar-refractivity contribution in [2.45, 2.75) is 26.2 Å². The fourth-order valence-corrected chi connectivity index (χ4v) is 12.1. The van der Waals surface area contributed by atoms with Crippen LogP contribution in [0, 0.1) is 11.5 Å². The summed E-state index contributed by atoms with van der Waals surface area (Å²) in [5.41, 5.74) is 3.36. The van der Waals surface area contributed by atoms with E-state index in [-0.39, 0.29) is 0 Å². The molecule has 0 saturated carbocycles. The summed E-state index contributed by atoms with van der Waals surface area (Å²) in [7, 11) is -3.20. The molecule has 0 aliphatic carbocycles. The topological polar surface area (TPSA) is 12.0 Å². The fraction of sp³-hybridized carbons (Fsp3) is 0.333. The maximum Gasteiger partial charge on any atom is 0.196 e. The van der Waals surface area contributed by atoms with E-state index in [0.717, 1.165) is 0 Å². The molecule has 0 aromatic carbocycles. The van der Waals surface area contributed by atoms with E-state index in [4.69, 9.17) is 0 Å². The maximum atomic E-state index is 4.01. The summed E-state index contributed by atoms with van der Waals surface area (Å²) >= 11 is 5.85. The second kappa shape index (κ2) is 6.07.